The van der Waals surface area contributed by atoms with E-state index in [1.165, 1.54) is 6.33 Å². The number of alkyl halides is 3. The number of benzene rings is 2. The van der Waals surface area contributed by atoms with Gasteiger partial charge in [0.2, 0.25) is 10.0 Å². The van der Waals surface area contributed by atoms with Gasteiger partial charge in [-0.2, -0.15) is 13.2 Å². The predicted octanol–water partition coefficient (Wildman–Crippen LogP) is 4.05. The van der Waals surface area contributed by atoms with Crippen molar-refractivity contribution in [2.24, 2.45) is 0 Å². The zero-order valence-corrected chi connectivity index (χ0v) is 19.8. The SMILES string of the molecule is COc1cccc(CNS(=O)(=O)c2ccc(-c3ncnc4[nH]cc(C)c34)cc2)c1.O=C(O)C(F)(F)F. The van der Waals surface area contributed by atoms with E-state index in [4.69, 9.17) is 14.6 Å². The number of nitrogens with zero attached hydrogens (tertiary/aromatic N) is 2. The molecule has 0 saturated carbocycles. The van der Waals surface area contributed by atoms with Gasteiger partial charge in [-0.1, -0.05) is 24.3 Å². The van der Waals surface area contributed by atoms with Crippen LogP contribution in [0.25, 0.3) is 22.3 Å². The molecular formula is C23H21F3N4O5S. The van der Waals surface area contributed by atoms with Crippen molar-refractivity contribution in [2.75, 3.05) is 7.11 Å². The summed E-state index contributed by atoms with van der Waals surface area (Å²) in [5.74, 6) is -2.07. The van der Waals surface area contributed by atoms with Crippen molar-refractivity contribution in [1.29, 1.82) is 0 Å². The molecule has 0 atom stereocenters. The molecule has 13 heteroatoms. The molecule has 0 aliphatic heterocycles. The average Bonchev–Trinajstić information content (AvgIpc) is 3.24. The standard InChI is InChI=1S/C21H20N4O3S.C2HF3O2/c1-14-11-22-21-19(14)20(23-13-24-21)16-6-8-18(9-7-16)29(26,27)25-12-15-4-3-5-17(10-15)28-2;3-2(4,5)1(6)7/h3-11,13,25H,12H2,1-2H3,(H,22,23,24);(H,6,7). The molecule has 190 valence electrons. The van der Waals surface area contributed by atoms with Gasteiger partial charge in [-0.15, -0.1) is 0 Å². The Labute approximate surface area is 204 Å². The molecule has 0 radical (unpaired) electrons. The fourth-order valence-electron chi connectivity index (χ4n) is 3.17. The maximum Gasteiger partial charge on any atom is 0.490 e. The van der Waals surface area contributed by atoms with Crippen molar-refractivity contribution >= 4 is 27.0 Å². The van der Waals surface area contributed by atoms with Crippen molar-refractivity contribution in [3.05, 3.63) is 72.2 Å². The summed E-state index contributed by atoms with van der Waals surface area (Å²) in [4.78, 5) is 20.8. The zero-order chi connectivity index (χ0) is 26.5. The lowest BCUT2D eigenvalue weighted by Crippen LogP contribution is -2.23. The van der Waals surface area contributed by atoms with E-state index < -0.39 is 22.2 Å². The summed E-state index contributed by atoms with van der Waals surface area (Å²) >= 11 is 0. The van der Waals surface area contributed by atoms with Crippen LogP contribution in [-0.4, -0.2) is 47.7 Å². The Kier molecular flexibility index (Phi) is 7.95. The molecule has 2 aromatic heterocycles. The molecule has 0 bridgehead atoms. The van der Waals surface area contributed by atoms with Crippen LogP contribution < -0.4 is 9.46 Å². The molecule has 0 amide bonds. The van der Waals surface area contributed by atoms with E-state index in [0.29, 0.717) is 5.75 Å². The Balaban J connectivity index is 0.000000454. The molecule has 0 unspecified atom stereocenters. The molecule has 2 aromatic carbocycles. The van der Waals surface area contributed by atoms with Crippen molar-refractivity contribution in [2.45, 2.75) is 24.5 Å². The molecule has 4 aromatic rings. The first-order valence-corrected chi connectivity index (χ1v) is 11.7. The Bertz CT molecular complexity index is 1470. The maximum absolute atomic E-state index is 12.7. The second kappa shape index (κ2) is 10.7. The van der Waals surface area contributed by atoms with Crippen LogP contribution >= 0.6 is 0 Å². The van der Waals surface area contributed by atoms with Crippen LogP contribution in [-0.2, 0) is 21.4 Å². The smallest absolute Gasteiger partial charge is 0.490 e. The first kappa shape index (κ1) is 26.6. The number of nitrogens with one attached hydrogen (secondary N) is 2. The second-order valence-electron chi connectivity index (χ2n) is 7.42. The number of carboxylic acid groups (broad SMARTS) is 1. The van der Waals surface area contributed by atoms with Gasteiger partial charge in [-0.25, -0.2) is 27.9 Å². The lowest BCUT2D eigenvalue weighted by Gasteiger charge is -2.09. The van der Waals surface area contributed by atoms with E-state index in [1.807, 2.05) is 31.3 Å². The highest BCUT2D eigenvalue weighted by molar-refractivity contribution is 7.89. The first-order valence-electron chi connectivity index (χ1n) is 10.2. The molecule has 0 aliphatic rings. The minimum atomic E-state index is -5.08. The number of H-pyrrole nitrogens is 1. The minimum Gasteiger partial charge on any atom is -0.497 e. The minimum absolute atomic E-state index is 0.177. The number of aromatic amines is 1. The predicted molar refractivity (Wildman–Crippen MR) is 125 cm³/mol. The van der Waals surface area contributed by atoms with Crippen LogP contribution in [0.2, 0.25) is 0 Å². The number of carboxylic acids is 1. The molecular weight excluding hydrogens is 501 g/mol. The largest absolute Gasteiger partial charge is 0.497 e. The quantitative estimate of drug-likeness (QED) is 0.348. The topological polar surface area (TPSA) is 134 Å². The van der Waals surface area contributed by atoms with Crippen LogP contribution in [0.3, 0.4) is 0 Å². The van der Waals surface area contributed by atoms with Gasteiger partial charge in [0.1, 0.15) is 17.7 Å². The summed E-state index contributed by atoms with van der Waals surface area (Å²) in [6.45, 7) is 2.16. The molecule has 36 heavy (non-hydrogen) atoms. The molecule has 9 nitrogen and oxygen atoms in total. The number of fused-ring (bicyclic) bond motifs is 1. The van der Waals surface area contributed by atoms with Crippen molar-refractivity contribution in [1.82, 2.24) is 19.7 Å². The normalized spacial score (nSPS) is 11.6. The number of methoxy groups -OCH3 is 1. The van der Waals surface area contributed by atoms with Crippen LogP contribution in [0.5, 0.6) is 5.75 Å². The van der Waals surface area contributed by atoms with Gasteiger partial charge in [0.05, 0.1) is 17.7 Å². The number of aliphatic carboxylic acids is 1. The number of hydrogen-bond acceptors (Lipinski definition) is 6. The molecule has 0 spiro atoms. The maximum atomic E-state index is 12.7. The number of ether oxygens (including phenoxy) is 1. The van der Waals surface area contributed by atoms with Crippen LogP contribution in [0.4, 0.5) is 13.2 Å². The van der Waals surface area contributed by atoms with E-state index >= 15 is 0 Å². The fraction of sp³-hybridized carbons (Fsp3) is 0.174. The van der Waals surface area contributed by atoms with Crippen LogP contribution in [0.15, 0.2) is 66.0 Å². The van der Waals surface area contributed by atoms with Gasteiger partial charge in [0.25, 0.3) is 0 Å². The van der Waals surface area contributed by atoms with E-state index in [1.54, 1.807) is 37.4 Å². The number of halogens is 3. The zero-order valence-electron chi connectivity index (χ0n) is 19.0. The van der Waals surface area contributed by atoms with E-state index in [2.05, 4.69) is 19.7 Å². The lowest BCUT2D eigenvalue weighted by molar-refractivity contribution is -0.192. The Morgan fingerprint density at radius 1 is 1.14 bits per heavy atom. The van der Waals surface area contributed by atoms with Gasteiger partial charge in [0, 0.05) is 23.7 Å². The van der Waals surface area contributed by atoms with Crippen molar-refractivity contribution < 1.29 is 36.2 Å². The summed E-state index contributed by atoms with van der Waals surface area (Å²) in [5, 5.41) is 8.05. The van der Waals surface area contributed by atoms with Gasteiger partial charge < -0.3 is 14.8 Å². The lowest BCUT2D eigenvalue weighted by atomic mass is 10.1. The van der Waals surface area contributed by atoms with E-state index in [0.717, 1.165) is 33.4 Å². The number of aromatic nitrogens is 3. The first-order chi connectivity index (χ1) is 16.9. The highest BCUT2D eigenvalue weighted by Gasteiger charge is 2.38. The fourth-order valence-corrected chi connectivity index (χ4v) is 4.19. The number of rotatable bonds is 6. The van der Waals surface area contributed by atoms with Gasteiger partial charge in [-0.05, 0) is 42.3 Å². The van der Waals surface area contributed by atoms with Crippen molar-refractivity contribution in [3.63, 3.8) is 0 Å². The summed E-state index contributed by atoms with van der Waals surface area (Å²) < 4.78 is 64.8. The second-order valence-corrected chi connectivity index (χ2v) is 9.19. The summed E-state index contributed by atoms with van der Waals surface area (Å²) in [6, 6.07) is 14.0. The molecule has 0 saturated heterocycles. The van der Waals surface area contributed by atoms with Gasteiger partial charge in [0.15, 0.2) is 0 Å². The Morgan fingerprint density at radius 2 is 1.81 bits per heavy atom. The average molecular weight is 523 g/mol. The third-order valence-corrected chi connectivity index (χ3v) is 6.37. The number of aryl methyl sites for hydroxylation is 1. The summed E-state index contributed by atoms with van der Waals surface area (Å²) in [5.41, 5.74) is 4.20. The molecule has 0 fully saturated rings. The van der Waals surface area contributed by atoms with Crippen LogP contribution in [0, 0.1) is 6.92 Å². The van der Waals surface area contributed by atoms with Gasteiger partial charge in [-0.3, -0.25) is 0 Å². The highest BCUT2D eigenvalue weighted by atomic mass is 32.2. The molecule has 2 heterocycles. The molecule has 4 rings (SSSR count). The van der Waals surface area contributed by atoms with Crippen molar-refractivity contribution in [3.8, 4) is 17.0 Å². The third-order valence-electron chi connectivity index (χ3n) is 4.95. The highest BCUT2D eigenvalue weighted by Crippen LogP contribution is 2.28. The van der Waals surface area contributed by atoms with E-state index in [-0.39, 0.29) is 11.4 Å². The Morgan fingerprint density at radius 3 is 2.42 bits per heavy atom. The van der Waals surface area contributed by atoms with Gasteiger partial charge >= 0.3 is 12.1 Å². The summed E-state index contributed by atoms with van der Waals surface area (Å²) in [7, 11) is -2.07. The molecule has 0 aliphatic carbocycles. The third kappa shape index (κ3) is 6.37. The number of sulfonamides is 1. The van der Waals surface area contributed by atoms with E-state index in [9.17, 15) is 21.6 Å². The summed E-state index contributed by atoms with van der Waals surface area (Å²) in [6.07, 6.45) is -1.71. The number of hydrogen-bond donors (Lipinski definition) is 3. The number of carbonyl (C=O) groups is 1. The van der Waals surface area contributed by atoms with Crippen LogP contribution in [0.1, 0.15) is 11.1 Å². The Hall–Kier alpha value is -3.97. The monoisotopic (exact) mass is 522 g/mol. The molecule has 3 N–H and O–H groups in total.